The average molecular weight is 385 g/mol. The summed E-state index contributed by atoms with van der Waals surface area (Å²) in [5.74, 6) is -0.297. The molecule has 0 amide bonds. The van der Waals surface area contributed by atoms with Crippen LogP contribution in [0.1, 0.15) is 64.2 Å². The molecule has 0 heterocycles. The van der Waals surface area contributed by atoms with Crippen molar-refractivity contribution >= 4 is 17.6 Å². The van der Waals surface area contributed by atoms with Gasteiger partial charge in [-0.05, 0) is 50.4 Å². The quantitative estimate of drug-likeness (QED) is 0.315. The Morgan fingerprint density at radius 2 is 1.92 bits per heavy atom. The van der Waals surface area contributed by atoms with Gasteiger partial charge in [-0.1, -0.05) is 43.6 Å². The van der Waals surface area contributed by atoms with Gasteiger partial charge in [0.05, 0.1) is 12.2 Å². The highest BCUT2D eigenvalue weighted by Crippen LogP contribution is 2.39. The second-order valence-electron chi connectivity index (χ2n) is 7.83. The van der Waals surface area contributed by atoms with Gasteiger partial charge in [-0.15, -0.1) is 11.6 Å². The number of carboxylic acid groups (broad SMARTS) is 1. The summed E-state index contributed by atoms with van der Waals surface area (Å²) in [5, 5.41) is 29.3. The molecule has 0 aromatic carbocycles. The molecule has 3 N–H and O–H groups in total. The molecule has 5 unspecified atom stereocenters. The van der Waals surface area contributed by atoms with E-state index in [9.17, 15) is 15.0 Å². The van der Waals surface area contributed by atoms with E-state index in [-0.39, 0.29) is 23.6 Å². The van der Waals surface area contributed by atoms with Crippen molar-refractivity contribution in [3.63, 3.8) is 0 Å². The van der Waals surface area contributed by atoms with E-state index in [1.54, 1.807) is 0 Å². The molecule has 0 radical (unpaired) electrons. The molecular formula is C21H33ClO4. The standard InChI is InChI=1S/C21H33ClO4/c22-18-14-20(24)17(12-13-19(23)15-8-4-3-5-9-15)16(18)10-6-1-2-7-11-21(25)26/h1,6,12-13,15-20,23-24H,2-5,7-11,14H2,(H,25,26)/b6-1+,13-12+. The zero-order valence-corrected chi connectivity index (χ0v) is 16.2. The molecule has 0 aliphatic heterocycles. The fourth-order valence-corrected chi connectivity index (χ4v) is 4.74. The van der Waals surface area contributed by atoms with E-state index in [4.69, 9.17) is 16.7 Å². The minimum absolute atomic E-state index is 0.0283. The van der Waals surface area contributed by atoms with Crippen LogP contribution in [0.4, 0.5) is 0 Å². The summed E-state index contributed by atoms with van der Waals surface area (Å²) in [5.41, 5.74) is 0. The Morgan fingerprint density at radius 1 is 1.19 bits per heavy atom. The first kappa shape index (κ1) is 21.5. The van der Waals surface area contributed by atoms with Crippen LogP contribution in [0.25, 0.3) is 0 Å². The largest absolute Gasteiger partial charge is 0.481 e. The minimum atomic E-state index is -0.764. The van der Waals surface area contributed by atoms with Crippen LogP contribution in [0.2, 0.25) is 0 Å². The third kappa shape index (κ3) is 6.71. The number of carbonyl (C=O) groups is 1. The van der Waals surface area contributed by atoms with E-state index < -0.39 is 18.2 Å². The summed E-state index contributed by atoms with van der Waals surface area (Å²) in [7, 11) is 0. The third-order valence-corrected chi connectivity index (χ3v) is 6.37. The fraction of sp³-hybridized carbons (Fsp3) is 0.762. The Labute approximate surface area is 161 Å². The lowest BCUT2D eigenvalue weighted by molar-refractivity contribution is -0.137. The van der Waals surface area contributed by atoms with Crippen LogP contribution in [-0.4, -0.2) is 38.9 Å². The van der Waals surface area contributed by atoms with Crippen molar-refractivity contribution in [2.24, 2.45) is 17.8 Å². The number of aliphatic hydroxyl groups is 2. The Bertz CT molecular complexity index is 484. The second kappa shape index (κ2) is 11.1. The molecule has 0 aromatic heterocycles. The molecular weight excluding hydrogens is 352 g/mol. The molecule has 26 heavy (non-hydrogen) atoms. The molecule has 0 bridgehead atoms. The number of aliphatic carboxylic acids is 1. The Morgan fingerprint density at radius 3 is 2.62 bits per heavy atom. The lowest BCUT2D eigenvalue weighted by Gasteiger charge is -2.25. The first-order valence-corrected chi connectivity index (χ1v) is 10.5. The van der Waals surface area contributed by atoms with Crippen LogP contribution in [0.15, 0.2) is 24.3 Å². The maximum absolute atomic E-state index is 10.5. The fourth-order valence-electron chi connectivity index (χ4n) is 4.28. The van der Waals surface area contributed by atoms with Gasteiger partial charge in [-0.25, -0.2) is 0 Å². The predicted molar refractivity (Wildman–Crippen MR) is 104 cm³/mol. The Kier molecular flexibility index (Phi) is 9.17. The monoisotopic (exact) mass is 384 g/mol. The topological polar surface area (TPSA) is 77.8 Å². The number of unbranched alkanes of at least 4 members (excludes halogenated alkanes) is 1. The van der Waals surface area contributed by atoms with Crippen molar-refractivity contribution in [1.82, 2.24) is 0 Å². The molecule has 2 rings (SSSR count). The highest BCUT2D eigenvalue weighted by atomic mass is 35.5. The molecule has 2 fully saturated rings. The van der Waals surface area contributed by atoms with E-state index >= 15 is 0 Å². The minimum Gasteiger partial charge on any atom is -0.481 e. The highest BCUT2D eigenvalue weighted by Gasteiger charge is 2.39. The molecule has 2 aliphatic carbocycles. The van der Waals surface area contributed by atoms with Crippen LogP contribution in [0, 0.1) is 17.8 Å². The highest BCUT2D eigenvalue weighted by molar-refractivity contribution is 6.21. The smallest absolute Gasteiger partial charge is 0.303 e. The number of halogens is 1. The molecule has 4 nitrogen and oxygen atoms in total. The Balaban J connectivity index is 1.84. The molecule has 0 aromatic rings. The van der Waals surface area contributed by atoms with E-state index in [0.717, 1.165) is 25.7 Å². The van der Waals surface area contributed by atoms with Gasteiger partial charge in [0.1, 0.15) is 0 Å². The van der Waals surface area contributed by atoms with Gasteiger partial charge in [0.15, 0.2) is 0 Å². The van der Waals surface area contributed by atoms with Gasteiger partial charge in [0.25, 0.3) is 0 Å². The predicted octanol–water partition coefficient (Wildman–Crippen LogP) is 4.29. The zero-order valence-electron chi connectivity index (χ0n) is 15.5. The molecule has 2 saturated carbocycles. The third-order valence-electron chi connectivity index (χ3n) is 5.87. The summed E-state index contributed by atoms with van der Waals surface area (Å²) >= 11 is 6.45. The van der Waals surface area contributed by atoms with Crippen LogP contribution in [0.5, 0.6) is 0 Å². The molecule has 2 aliphatic rings. The molecule has 0 spiro atoms. The summed E-state index contributed by atoms with van der Waals surface area (Å²) in [6.07, 6.45) is 15.8. The van der Waals surface area contributed by atoms with Gasteiger partial charge >= 0.3 is 5.97 Å². The molecule has 0 saturated heterocycles. The van der Waals surface area contributed by atoms with E-state index in [0.29, 0.717) is 18.8 Å². The number of carboxylic acids is 1. The van der Waals surface area contributed by atoms with Gasteiger partial charge in [-0.2, -0.15) is 0 Å². The number of rotatable bonds is 9. The van der Waals surface area contributed by atoms with Crippen molar-refractivity contribution in [2.75, 3.05) is 0 Å². The lowest BCUT2D eigenvalue weighted by atomic mass is 9.84. The van der Waals surface area contributed by atoms with Crippen LogP contribution in [0.3, 0.4) is 0 Å². The van der Waals surface area contributed by atoms with Crippen molar-refractivity contribution < 1.29 is 20.1 Å². The first-order valence-electron chi connectivity index (χ1n) is 10.0. The van der Waals surface area contributed by atoms with Crippen LogP contribution < -0.4 is 0 Å². The van der Waals surface area contributed by atoms with Crippen molar-refractivity contribution in [2.45, 2.75) is 81.8 Å². The second-order valence-corrected chi connectivity index (χ2v) is 8.39. The number of allylic oxidation sites excluding steroid dienone is 2. The lowest BCUT2D eigenvalue weighted by Crippen LogP contribution is -2.23. The summed E-state index contributed by atoms with van der Waals surface area (Å²) < 4.78 is 0. The Hall–Kier alpha value is -0.840. The number of hydrogen-bond acceptors (Lipinski definition) is 3. The van der Waals surface area contributed by atoms with Gasteiger partial charge in [0, 0.05) is 17.7 Å². The van der Waals surface area contributed by atoms with Gasteiger partial charge in [-0.3, -0.25) is 4.79 Å². The molecule has 5 heteroatoms. The van der Waals surface area contributed by atoms with Crippen LogP contribution >= 0.6 is 11.6 Å². The van der Waals surface area contributed by atoms with Crippen molar-refractivity contribution in [1.29, 1.82) is 0 Å². The molecule has 148 valence electrons. The van der Waals surface area contributed by atoms with E-state index in [1.807, 2.05) is 18.2 Å². The maximum atomic E-state index is 10.5. The normalized spacial score (nSPS) is 31.8. The SMILES string of the molecule is O=C(O)CCC/C=C/CC1C(Cl)CC(O)C1/C=C/C(O)C1CCCCC1. The van der Waals surface area contributed by atoms with E-state index in [2.05, 4.69) is 6.08 Å². The number of alkyl halides is 1. The summed E-state index contributed by atoms with van der Waals surface area (Å²) in [4.78, 5) is 10.5. The van der Waals surface area contributed by atoms with Crippen molar-refractivity contribution in [3.8, 4) is 0 Å². The van der Waals surface area contributed by atoms with Crippen molar-refractivity contribution in [3.05, 3.63) is 24.3 Å². The number of hydrogen-bond donors (Lipinski definition) is 3. The van der Waals surface area contributed by atoms with Gasteiger partial charge in [0.2, 0.25) is 0 Å². The van der Waals surface area contributed by atoms with Gasteiger partial charge < -0.3 is 15.3 Å². The molecule has 5 atom stereocenters. The summed E-state index contributed by atoms with van der Waals surface area (Å²) in [6, 6.07) is 0. The maximum Gasteiger partial charge on any atom is 0.303 e. The van der Waals surface area contributed by atoms with Crippen LogP contribution in [-0.2, 0) is 4.79 Å². The zero-order chi connectivity index (χ0) is 18.9. The average Bonchev–Trinajstić information content (AvgIpc) is 2.89. The summed E-state index contributed by atoms with van der Waals surface area (Å²) in [6.45, 7) is 0. The number of aliphatic hydroxyl groups excluding tert-OH is 2. The first-order chi connectivity index (χ1) is 12.5. The van der Waals surface area contributed by atoms with E-state index in [1.165, 1.54) is 19.3 Å².